The summed E-state index contributed by atoms with van der Waals surface area (Å²) in [5.74, 6) is 1.60. The van der Waals surface area contributed by atoms with E-state index in [1.807, 2.05) is 38.2 Å². The summed E-state index contributed by atoms with van der Waals surface area (Å²) in [6, 6.07) is 7.74. The summed E-state index contributed by atoms with van der Waals surface area (Å²) in [7, 11) is 1.94. The summed E-state index contributed by atoms with van der Waals surface area (Å²) in [5.41, 5.74) is 1.07. The molecule has 0 amide bonds. The van der Waals surface area contributed by atoms with Gasteiger partial charge >= 0.3 is 0 Å². The van der Waals surface area contributed by atoms with Crippen LogP contribution in [0.15, 0.2) is 24.3 Å². The number of fused-ring (bicyclic) bond motifs is 1. The molecule has 2 heterocycles. The third-order valence-corrected chi connectivity index (χ3v) is 4.28. The van der Waals surface area contributed by atoms with E-state index in [1.54, 1.807) is 11.3 Å². The van der Waals surface area contributed by atoms with Gasteiger partial charge in [0.2, 0.25) is 0 Å². The van der Waals surface area contributed by atoms with Crippen molar-refractivity contribution in [2.45, 2.75) is 19.6 Å². The summed E-state index contributed by atoms with van der Waals surface area (Å²) < 4.78 is 11.7. The van der Waals surface area contributed by atoms with Crippen LogP contribution in [0.1, 0.15) is 21.7 Å². The quantitative estimate of drug-likeness (QED) is 0.936. The Labute approximate surface area is 116 Å². The molecule has 0 fully saturated rings. The normalized spacial score (nSPS) is 17.5. The molecule has 1 aliphatic heterocycles. The van der Waals surface area contributed by atoms with Crippen molar-refractivity contribution >= 4 is 11.3 Å². The van der Waals surface area contributed by atoms with Gasteiger partial charge in [0, 0.05) is 11.4 Å². The molecule has 0 aliphatic carbocycles. The van der Waals surface area contributed by atoms with Crippen LogP contribution < -0.4 is 14.8 Å². The largest absolute Gasteiger partial charge is 0.485 e. The molecule has 1 aliphatic rings. The van der Waals surface area contributed by atoms with Crippen LogP contribution in [0.2, 0.25) is 0 Å². The highest BCUT2D eigenvalue weighted by atomic mass is 32.1. The third-order valence-electron chi connectivity index (χ3n) is 3.03. The average Bonchev–Trinajstić information content (AvgIpc) is 2.80. The molecule has 0 saturated heterocycles. The fourth-order valence-electron chi connectivity index (χ4n) is 2.05. The zero-order valence-electron chi connectivity index (χ0n) is 11.0. The summed E-state index contributed by atoms with van der Waals surface area (Å²) in [6.07, 6.45) is -0.107. The lowest BCUT2D eigenvalue weighted by Crippen LogP contribution is -2.21. The van der Waals surface area contributed by atoms with E-state index >= 15 is 0 Å². The molecule has 0 bridgehead atoms. The van der Waals surface area contributed by atoms with Crippen molar-refractivity contribution in [1.29, 1.82) is 0 Å². The van der Waals surface area contributed by atoms with Crippen molar-refractivity contribution < 1.29 is 9.47 Å². The summed E-state index contributed by atoms with van der Waals surface area (Å²) in [5, 5.41) is 4.14. The predicted octanol–water partition coefficient (Wildman–Crippen LogP) is 2.68. The van der Waals surface area contributed by atoms with Crippen LogP contribution in [0, 0.1) is 6.92 Å². The highest BCUT2D eigenvalue weighted by molar-refractivity contribution is 7.11. The molecule has 1 aromatic carbocycles. The van der Waals surface area contributed by atoms with Crippen LogP contribution in [0.25, 0.3) is 0 Å². The number of hydrogen-bond acceptors (Lipinski definition) is 5. The van der Waals surface area contributed by atoms with E-state index in [-0.39, 0.29) is 6.10 Å². The second-order valence-corrected chi connectivity index (χ2v) is 5.57. The maximum absolute atomic E-state index is 5.97. The summed E-state index contributed by atoms with van der Waals surface area (Å²) in [4.78, 5) is 5.85. The SMILES string of the molecule is CNCc1sc(C2COc3ccccc3O2)nc1C. The van der Waals surface area contributed by atoms with E-state index in [2.05, 4.69) is 10.3 Å². The molecular formula is C14H16N2O2S. The van der Waals surface area contributed by atoms with Crippen molar-refractivity contribution in [2.75, 3.05) is 13.7 Å². The number of nitrogens with one attached hydrogen (secondary N) is 1. The zero-order chi connectivity index (χ0) is 13.2. The van der Waals surface area contributed by atoms with Crippen LogP contribution >= 0.6 is 11.3 Å². The fraction of sp³-hybridized carbons (Fsp3) is 0.357. The van der Waals surface area contributed by atoms with Gasteiger partial charge < -0.3 is 14.8 Å². The molecule has 5 heteroatoms. The number of para-hydroxylation sites is 2. The Balaban J connectivity index is 1.83. The maximum atomic E-state index is 5.97. The predicted molar refractivity (Wildman–Crippen MR) is 74.9 cm³/mol. The maximum Gasteiger partial charge on any atom is 0.184 e. The molecule has 1 aromatic heterocycles. The Kier molecular flexibility index (Phi) is 3.40. The lowest BCUT2D eigenvalue weighted by Gasteiger charge is -2.24. The molecule has 0 saturated carbocycles. The lowest BCUT2D eigenvalue weighted by atomic mass is 10.2. The van der Waals surface area contributed by atoms with Gasteiger partial charge in [0.15, 0.2) is 17.6 Å². The van der Waals surface area contributed by atoms with Crippen molar-refractivity contribution in [3.8, 4) is 11.5 Å². The molecular weight excluding hydrogens is 260 g/mol. The minimum atomic E-state index is -0.107. The smallest absolute Gasteiger partial charge is 0.184 e. The molecule has 0 radical (unpaired) electrons. The molecule has 19 heavy (non-hydrogen) atoms. The zero-order valence-corrected chi connectivity index (χ0v) is 11.8. The van der Waals surface area contributed by atoms with Gasteiger partial charge in [-0.15, -0.1) is 11.3 Å². The standard InChI is InChI=1S/C14H16N2O2S/c1-9-13(7-15-2)19-14(16-9)12-8-17-10-5-3-4-6-11(10)18-12/h3-6,12,15H,7-8H2,1-2H3. The molecule has 0 spiro atoms. The van der Waals surface area contributed by atoms with Crippen LogP contribution in [-0.4, -0.2) is 18.6 Å². The molecule has 1 unspecified atom stereocenters. The minimum Gasteiger partial charge on any atom is -0.485 e. The van der Waals surface area contributed by atoms with E-state index < -0.39 is 0 Å². The Bertz CT molecular complexity index is 583. The first-order valence-electron chi connectivity index (χ1n) is 6.27. The number of rotatable bonds is 3. The monoisotopic (exact) mass is 276 g/mol. The number of benzene rings is 1. The van der Waals surface area contributed by atoms with E-state index in [0.29, 0.717) is 6.61 Å². The first-order valence-corrected chi connectivity index (χ1v) is 7.09. The van der Waals surface area contributed by atoms with Gasteiger partial charge in [-0.05, 0) is 26.1 Å². The van der Waals surface area contributed by atoms with Crippen molar-refractivity contribution in [1.82, 2.24) is 10.3 Å². The highest BCUT2D eigenvalue weighted by Gasteiger charge is 2.25. The highest BCUT2D eigenvalue weighted by Crippen LogP contribution is 2.37. The van der Waals surface area contributed by atoms with Gasteiger partial charge in [0.25, 0.3) is 0 Å². The number of hydrogen-bond donors (Lipinski definition) is 1. The van der Waals surface area contributed by atoms with Crippen molar-refractivity contribution in [3.05, 3.63) is 39.8 Å². The Morgan fingerprint density at radius 2 is 2.16 bits per heavy atom. The molecule has 1 atom stereocenters. The van der Waals surface area contributed by atoms with Crippen LogP contribution in [-0.2, 0) is 6.54 Å². The van der Waals surface area contributed by atoms with Crippen LogP contribution in [0.3, 0.4) is 0 Å². The number of thiazole rings is 1. The molecule has 2 aromatic rings. The number of aromatic nitrogens is 1. The fourth-order valence-corrected chi connectivity index (χ4v) is 3.15. The molecule has 1 N–H and O–H groups in total. The van der Waals surface area contributed by atoms with Gasteiger partial charge in [-0.2, -0.15) is 0 Å². The van der Waals surface area contributed by atoms with E-state index in [1.165, 1.54) is 4.88 Å². The van der Waals surface area contributed by atoms with E-state index in [0.717, 1.165) is 28.7 Å². The lowest BCUT2D eigenvalue weighted by molar-refractivity contribution is 0.0910. The second kappa shape index (κ2) is 5.19. The first-order chi connectivity index (χ1) is 9.28. The van der Waals surface area contributed by atoms with E-state index in [4.69, 9.17) is 9.47 Å². The molecule has 100 valence electrons. The molecule has 4 nitrogen and oxygen atoms in total. The second-order valence-electron chi connectivity index (χ2n) is 4.46. The Morgan fingerprint density at radius 3 is 2.95 bits per heavy atom. The Hall–Kier alpha value is -1.59. The van der Waals surface area contributed by atoms with Gasteiger partial charge in [-0.1, -0.05) is 12.1 Å². The van der Waals surface area contributed by atoms with E-state index in [9.17, 15) is 0 Å². The van der Waals surface area contributed by atoms with Crippen molar-refractivity contribution in [3.63, 3.8) is 0 Å². The van der Waals surface area contributed by atoms with Gasteiger partial charge in [-0.3, -0.25) is 0 Å². The number of nitrogens with zero attached hydrogens (tertiary/aromatic N) is 1. The Morgan fingerprint density at radius 1 is 1.37 bits per heavy atom. The van der Waals surface area contributed by atoms with Crippen LogP contribution in [0.4, 0.5) is 0 Å². The minimum absolute atomic E-state index is 0.107. The summed E-state index contributed by atoms with van der Waals surface area (Å²) >= 11 is 1.69. The molecule has 3 rings (SSSR count). The first kappa shape index (κ1) is 12.4. The van der Waals surface area contributed by atoms with Gasteiger partial charge in [0.05, 0.1) is 5.69 Å². The van der Waals surface area contributed by atoms with Gasteiger partial charge in [0.1, 0.15) is 11.6 Å². The average molecular weight is 276 g/mol. The van der Waals surface area contributed by atoms with Crippen molar-refractivity contribution in [2.24, 2.45) is 0 Å². The third kappa shape index (κ3) is 2.43. The van der Waals surface area contributed by atoms with Crippen LogP contribution in [0.5, 0.6) is 11.5 Å². The van der Waals surface area contributed by atoms with Gasteiger partial charge in [-0.25, -0.2) is 4.98 Å². The topological polar surface area (TPSA) is 43.4 Å². The number of aryl methyl sites for hydroxylation is 1. The summed E-state index contributed by atoms with van der Waals surface area (Å²) in [6.45, 7) is 3.39. The number of ether oxygens (including phenoxy) is 2.